The van der Waals surface area contributed by atoms with Gasteiger partial charge in [-0.15, -0.1) is 0 Å². The Kier molecular flexibility index (Phi) is 5.08. The summed E-state index contributed by atoms with van der Waals surface area (Å²) in [6.45, 7) is 3.61. The zero-order chi connectivity index (χ0) is 16.9. The SMILES string of the molecule is CCOc1nc2cccnc2n(CC(=O)N2CCCCCC2)c1=O. The maximum absolute atomic E-state index is 12.7. The third-order valence-electron chi connectivity index (χ3n) is 4.21. The maximum atomic E-state index is 12.7. The molecule has 0 atom stereocenters. The van der Waals surface area contributed by atoms with Gasteiger partial charge < -0.3 is 9.64 Å². The fraction of sp³-hybridized carbons (Fsp3) is 0.529. The molecule has 1 saturated heterocycles. The minimum absolute atomic E-state index is 0.0154. The van der Waals surface area contributed by atoms with E-state index in [-0.39, 0.29) is 18.3 Å². The molecule has 2 aromatic heterocycles. The maximum Gasteiger partial charge on any atom is 0.315 e. The van der Waals surface area contributed by atoms with Crippen molar-refractivity contribution in [1.29, 1.82) is 0 Å². The zero-order valence-corrected chi connectivity index (χ0v) is 13.9. The van der Waals surface area contributed by atoms with Gasteiger partial charge in [0.15, 0.2) is 5.65 Å². The van der Waals surface area contributed by atoms with Gasteiger partial charge in [0.1, 0.15) is 12.1 Å². The van der Waals surface area contributed by atoms with Crippen molar-refractivity contribution in [2.45, 2.75) is 39.2 Å². The summed E-state index contributed by atoms with van der Waals surface area (Å²) < 4.78 is 6.71. The predicted molar refractivity (Wildman–Crippen MR) is 90.0 cm³/mol. The van der Waals surface area contributed by atoms with Crippen LogP contribution in [0.2, 0.25) is 0 Å². The lowest BCUT2D eigenvalue weighted by Crippen LogP contribution is -2.37. The van der Waals surface area contributed by atoms with E-state index < -0.39 is 5.56 Å². The number of fused-ring (bicyclic) bond motifs is 1. The van der Waals surface area contributed by atoms with E-state index in [2.05, 4.69) is 9.97 Å². The Balaban J connectivity index is 1.96. The third-order valence-corrected chi connectivity index (χ3v) is 4.21. The van der Waals surface area contributed by atoms with Crippen LogP contribution in [0.4, 0.5) is 0 Å². The van der Waals surface area contributed by atoms with Crippen molar-refractivity contribution in [2.75, 3.05) is 19.7 Å². The Labute approximate surface area is 140 Å². The van der Waals surface area contributed by atoms with E-state index in [1.54, 1.807) is 25.3 Å². The van der Waals surface area contributed by atoms with Crippen LogP contribution in [0.1, 0.15) is 32.6 Å². The summed E-state index contributed by atoms with van der Waals surface area (Å²) in [5.41, 5.74) is 0.546. The molecule has 2 aromatic rings. The Bertz CT molecular complexity index is 779. The fourth-order valence-electron chi connectivity index (χ4n) is 2.99. The van der Waals surface area contributed by atoms with E-state index in [4.69, 9.17) is 4.74 Å². The molecular formula is C17H22N4O3. The van der Waals surface area contributed by atoms with E-state index in [9.17, 15) is 9.59 Å². The van der Waals surface area contributed by atoms with Gasteiger partial charge in [0, 0.05) is 19.3 Å². The number of rotatable bonds is 4. The van der Waals surface area contributed by atoms with Crippen LogP contribution in [0.3, 0.4) is 0 Å². The number of amides is 1. The first-order valence-corrected chi connectivity index (χ1v) is 8.47. The number of carbonyl (C=O) groups is 1. The Morgan fingerprint density at radius 1 is 1.25 bits per heavy atom. The van der Waals surface area contributed by atoms with Crippen LogP contribution in [0, 0.1) is 0 Å². The molecule has 1 aliphatic rings. The third kappa shape index (κ3) is 3.39. The molecule has 7 heteroatoms. The largest absolute Gasteiger partial charge is 0.474 e. The van der Waals surface area contributed by atoms with Crippen molar-refractivity contribution in [3.63, 3.8) is 0 Å². The summed E-state index contributed by atoms with van der Waals surface area (Å²) in [6.07, 6.45) is 5.92. The van der Waals surface area contributed by atoms with Gasteiger partial charge in [-0.25, -0.2) is 9.97 Å². The van der Waals surface area contributed by atoms with E-state index in [1.165, 1.54) is 4.57 Å². The Hall–Kier alpha value is -2.44. The molecule has 0 aliphatic carbocycles. The smallest absolute Gasteiger partial charge is 0.315 e. The molecule has 0 saturated carbocycles. The number of pyridine rings is 1. The second-order valence-corrected chi connectivity index (χ2v) is 5.88. The molecule has 1 aliphatic heterocycles. The second kappa shape index (κ2) is 7.42. The number of aromatic nitrogens is 3. The van der Waals surface area contributed by atoms with E-state index in [0.717, 1.165) is 38.8 Å². The minimum Gasteiger partial charge on any atom is -0.474 e. The van der Waals surface area contributed by atoms with Crippen molar-refractivity contribution in [3.8, 4) is 5.88 Å². The second-order valence-electron chi connectivity index (χ2n) is 5.88. The summed E-state index contributed by atoms with van der Waals surface area (Å²) in [6, 6.07) is 3.51. The predicted octanol–water partition coefficient (Wildman–Crippen LogP) is 1.59. The lowest BCUT2D eigenvalue weighted by atomic mass is 10.2. The standard InChI is InChI=1S/C17H22N4O3/c1-2-24-16-17(23)21(15-13(19-16)8-7-9-18-15)12-14(22)20-10-5-3-4-6-11-20/h7-9H,2-6,10-12H2,1H3. The molecule has 0 unspecified atom stereocenters. The van der Waals surface area contributed by atoms with Gasteiger partial charge in [0.2, 0.25) is 5.91 Å². The van der Waals surface area contributed by atoms with Gasteiger partial charge >= 0.3 is 5.56 Å². The highest BCUT2D eigenvalue weighted by atomic mass is 16.5. The van der Waals surface area contributed by atoms with Crippen molar-refractivity contribution >= 4 is 17.1 Å². The average molecular weight is 330 g/mol. The van der Waals surface area contributed by atoms with Crippen LogP contribution in [0.15, 0.2) is 23.1 Å². The number of likely N-dealkylation sites (tertiary alicyclic amines) is 1. The van der Waals surface area contributed by atoms with Crippen molar-refractivity contribution in [1.82, 2.24) is 19.4 Å². The van der Waals surface area contributed by atoms with Crippen molar-refractivity contribution in [3.05, 3.63) is 28.7 Å². The molecule has 7 nitrogen and oxygen atoms in total. The molecule has 1 amide bonds. The Morgan fingerprint density at radius 2 is 2.00 bits per heavy atom. The number of nitrogens with zero attached hydrogens (tertiary/aromatic N) is 4. The monoisotopic (exact) mass is 330 g/mol. The van der Waals surface area contributed by atoms with E-state index in [1.807, 2.05) is 4.90 Å². The molecule has 3 rings (SSSR count). The van der Waals surface area contributed by atoms with Crippen LogP contribution in [-0.2, 0) is 11.3 Å². The molecular weight excluding hydrogens is 308 g/mol. The molecule has 0 aromatic carbocycles. The van der Waals surface area contributed by atoms with Gasteiger partial charge in [-0.3, -0.25) is 14.2 Å². The number of ether oxygens (including phenoxy) is 1. The van der Waals surface area contributed by atoms with Gasteiger partial charge in [0.05, 0.1) is 6.61 Å². The molecule has 1 fully saturated rings. The fourth-order valence-corrected chi connectivity index (χ4v) is 2.99. The lowest BCUT2D eigenvalue weighted by molar-refractivity contribution is -0.131. The van der Waals surface area contributed by atoms with Gasteiger partial charge in [0.25, 0.3) is 5.88 Å². The van der Waals surface area contributed by atoms with Gasteiger partial charge in [-0.1, -0.05) is 12.8 Å². The van der Waals surface area contributed by atoms with Crippen LogP contribution in [0.25, 0.3) is 11.2 Å². The molecule has 0 N–H and O–H groups in total. The average Bonchev–Trinajstić information content (AvgIpc) is 2.88. The molecule has 0 bridgehead atoms. The van der Waals surface area contributed by atoms with Crippen LogP contribution >= 0.6 is 0 Å². The highest BCUT2D eigenvalue weighted by Crippen LogP contribution is 2.13. The van der Waals surface area contributed by atoms with Crippen molar-refractivity contribution in [2.24, 2.45) is 0 Å². The number of hydrogen-bond acceptors (Lipinski definition) is 5. The minimum atomic E-state index is -0.411. The molecule has 3 heterocycles. The molecule has 24 heavy (non-hydrogen) atoms. The number of hydrogen-bond donors (Lipinski definition) is 0. The molecule has 128 valence electrons. The first kappa shape index (κ1) is 16.4. The topological polar surface area (TPSA) is 77.3 Å². The van der Waals surface area contributed by atoms with Crippen LogP contribution < -0.4 is 10.3 Å². The van der Waals surface area contributed by atoms with Gasteiger partial charge in [-0.05, 0) is 31.9 Å². The van der Waals surface area contributed by atoms with Crippen LogP contribution in [0.5, 0.6) is 5.88 Å². The van der Waals surface area contributed by atoms with E-state index in [0.29, 0.717) is 17.8 Å². The number of carbonyl (C=O) groups excluding carboxylic acids is 1. The first-order valence-electron chi connectivity index (χ1n) is 8.47. The summed E-state index contributed by atoms with van der Waals surface area (Å²) in [5, 5.41) is 0. The first-order chi connectivity index (χ1) is 11.7. The summed E-state index contributed by atoms with van der Waals surface area (Å²) >= 11 is 0. The highest BCUT2D eigenvalue weighted by molar-refractivity contribution is 5.78. The Morgan fingerprint density at radius 3 is 2.71 bits per heavy atom. The summed E-state index contributed by atoms with van der Waals surface area (Å²) in [7, 11) is 0. The zero-order valence-electron chi connectivity index (χ0n) is 13.9. The lowest BCUT2D eigenvalue weighted by Gasteiger charge is -2.21. The normalized spacial score (nSPS) is 15.3. The molecule has 0 radical (unpaired) electrons. The summed E-state index contributed by atoms with van der Waals surface area (Å²) in [4.78, 5) is 35.6. The van der Waals surface area contributed by atoms with E-state index >= 15 is 0 Å². The van der Waals surface area contributed by atoms with Crippen molar-refractivity contribution < 1.29 is 9.53 Å². The highest BCUT2D eigenvalue weighted by Gasteiger charge is 2.20. The van der Waals surface area contributed by atoms with Gasteiger partial charge in [-0.2, -0.15) is 0 Å². The quantitative estimate of drug-likeness (QED) is 0.851. The summed E-state index contributed by atoms with van der Waals surface area (Å²) in [5.74, 6) is -0.0405. The van der Waals surface area contributed by atoms with Crippen LogP contribution in [-0.4, -0.2) is 45.0 Å². The molecule has 0 spiro atoms.